The first-order valence-electron chi connectivity index (χ1n) is 14.7. The van der Waals surface area contributed by atoms with E-state index in [2.05, 4.69) is 24.5 Å². The number of hydrogen-bond acceptors (Lipinski definition) is 6. The molecule has 0 atom stereocenters. The quantitative estimate of drug-likeness (QED) is 0.241. The SMILES string of the molecule is CCOC(=O)c1c(-c2c(C)c3c(c(-c4ccccc4)c2C(=O)OCC)CNC3)c(C)c2c(c1-c1ccccc1)CNC2. The van der Waals surface area contributed by atoms with Gasteiger partial charge in [0.25, 0.3) is 0 Å². The van der Waals surface area contributed by atoms with Crippen LogP contribution in [0.4, 0.5) is 0 Å². The minimum atomic E-state index is -0.391. The molecule has 0 unspecified atom stereocenters. The maximum Gasteiger partial charge on any atom is 0.339 e. The summed E-state index contributed by atoms with van der Waals surface area (Å²) in [7, 11) is 0. The van der Waals surface area contributed by atoms with Crippen molar-refractivity contribution in [2.75, 3.05) is 13.2 Å². The first-order valence-corrected chi connectivity index (χ1v) is 14.7. The molecule has 4 aromatic carbocycles. The van der Waals surface area contributed by atoms with Crippen molar-refractivity contribution in [2.45, 2.75) is 53.9 Å². The van der Waals surface area contributed by atoms with Crippen molar-refractivity contribution >= 4 is 11.9 Å². The van der Waals surface area contributed by atoms with Crippen molar-refractivity contribution in [3.05, 3.63) is 105 Å². The fourth-order valence-corrected chi connectivity index (χ4v) is 6.76. The Morgan fingerprint density at radius 2 is 0.929 bits per heavy atom. The molecule has 0 amide bonds. The Morgan fingerprint density at radius 1 is 0.571 bits per heavy atom. The standard InChI is InChI=1S/C36H36N2O4/c1-5-41-35(39)33-29(21(3)25-17-37-19-27(25)31(33)23-13-9-7-10-14-23)30-22(4)26-18-38-20-28(26)32(24-15-11-8-12-16-24)34(30)36(40)42-6-2/h7-16,37-38H,5-6,17-20H2,1-4H3. The van der Waals surface area contributed by atoms with Crippen molar-refractivity contribution in [1.29, 1.82) is 0 Å². The lowest BCUT2D eigenvalue weighted by Gasteiger charge is -2.27. The summed E-state index contributed by atoms with van der Waals surface area (Å²) in [4.78, 5) is 28.2. The third-order valence-electron chi connectivity index (χ3n) is 8.53. The Morgan fingerprint density at radius 3 is 1.29 bits per heavy atom. The van der Waals surface area contributed by atoms with Crippen molar-refractivity contribution in [3.8, 4) is 33.4 Å². The molecule has 2 aliphatic rings. The lowest BCUT2D eigenvalue weighted by Crippen LogP contribution is -2.17. The Balaban J connectivity index is 1.83. The molecule has 214 valence electrons. The zero-order valence-corrected chi connectivity index (χ0v) is 24.6. The number of rotatable bonds is 7. The molecular weight excluding hydrogens is 524 g/mol. The van der Waals surface area contributed by atoms with Crippen LogP contribution in [-0.4, -0.2) is 25.2 Å². The second-order valence-electron chi connectivity index (χ2n) is 10.8. The van der Waals surface area contributed by atoms with E-state index in [9.17, 15) is 9.59 Å². The maximum atomic E-state index is 14.1. The summed E-state index contributed by atoms with van der Waals surface area (Å²) in [5.74, 6) is -0.781. The monoisotopic (exact) mass is 560 g/mol. The van der Waals surface area contributed by atoms with E-state index in [1.165, 1.54) is 0 Å². The van der Waals surface area contributed by atoms with Gasteiger partial charge in [-0.2, -0.15) is 0 Å². The summed E-state index contributed by atoms with van der Waals surface area (Å²) in [6.45, 7) is 11.0. The van der Waals surface area contributed by atoms with E-state index >= 15 is 0 Å². The number of hydrogen-bond donors (Lipinski definition) is 2. The van der Waals surface area contributed by atoms with Crippen molar-refractivity contribution in [3.63, 3.8) is 0 Å². The average molecular weight is 561 g/mol. The van der Waals surface area contributed by atoms with E-state index < -0.39 is 11.9 Å². The molecule has 0 fully saturated rings. The van der Waals surface area contributed by atoms with Crippen LogP contribution in [0.25, 0.3) is 33.4 Å². The molecule has 0 radical (unpaired) electrons. The van der Waals surface area contributed by atoms with Crippen LogP contribution in [0, 0.1) is 13.8 Å². The number of benzene rings is 4. The number of carbonyl (C=O) groups is 2. The number of esters is 2. The van der Waals surface area contributed by atoms with Gasteiger partial charge in [0.05, 0.1) is 24.3 Å². The first kappa shape index (κ1) is 27.9. The largest absolute Gasteiger partial charge is 0.462 e. The van der Waals surface area contributed by atoms with E-state index in [4.69, 9.17) is 9.47 Å². The van der Waals surface area contributed by atoms with E-state index in [0.29, 0.717) is 37.3 Å². The molecule has 6 heteroatoms. The van der Waals surface area contributed by atoms with E-state index in [-0.39, 0.29) is 13.2 Å². The Labute approximate surface area is 247 Å². The first-order chi connectivity index (χ1) is 20.5. The fraction of sp³-hybridized carbons (Fsp3) is 0.278. The van der Waals surface area contributed by atoms with Gasteiger partial charge in [0.2, 0.25) is 0 Å². The molecule has 0 aromatic heterocycles. The molecule has 0 spiro atoms. The number of nitrogens with one attached hydrogen (secondary N) is 2. The zero-order valence-electron chi connectivity index (χ0n) is 24.6. The highest BCUT2D eigenvalue weighted by atomic mass is 16.5. The van der Waals surface area contributed by atoms with Crippen LogP contribution in [-0.2, 0) is 35.7 Å². The van der Waals surface area contributed by atoms with Gasteiger partial charge < -0.3 is 20.1 Å². The highest BCUT2D eigenvalue weighted by molar-refractivity contribution is 6.13. The van der Waals surface area contributed by atoms with Gasteiger partial charge in [-0.15, -0.1) is 0 Å². The Hall–Kier alpha value is -4.26. The van der Waals surface area contributed by atoms with Crippen molar-refractivity contribution < 1.29 is 19.1 Å². The lowest BCUT2D eigenvalue weighted by molar-refractivity contribution is 0.0515. The van der Waals surface area contributed by atoms with Gasteiger partial charge in [0, 0.05) is 48.4 Å². The lowest BCUT2D eigenvalue weighted by atomic mass is 9.77. The molecule has 4 aromatic rings. The minimum absolute atomic E-state index is 0.244. The molecule has 0 bridgehead atoms. The van der Waals surface area contributed by atoms with Crippen LogP contribution in [0.2, 0.25) is 0 Å². The molecule has 6 rings (SSSR count). The third kappa shape index (κ3) is 4.52. The van der Waals surface area contributed by atoms with Crippen molar-refractivity contribution in [2.24, 2.45) is 0 Å². The highest BCUT2D eigenvalue weighted by Gasteiger charge is 2.36. The normalized spacial score (nSPS) is 13.5. The fourth-order valence-electron chi connectivity index (χ4n) is 6.76. The number of ether oxygens (including phenoxy) is 2. The topological polar surface area (TPSA) is 76.7 Å². The Bertz CT molecular complexity index is 1570. The number of fused-ring (bicyclic) bond motifs is 2. The minimum Gasteiger partial charge on any atom is -0.462 e. The molecule has 2 heterocycles. The van der Waals surface area contributed by atoms with Gasteiger partial charge in [-0.25, -0.2) is 9.59 Å². The summed E-state index contributed by atoms with van der Waals surface area (Å²) in [6.07, 6.45) is 0. The second-order valence-corrected chi connectivity index (χ2v) is 10.8. The molecule has 0 aliphatic carbocycles. The van der Waals surface area contributed by atoms with Crippen LogP contribution in [0.1, 0.15) is 67.9 Å². The van der Waals surface area contributed by atoms with Gasteiger partial charge in [-0.1, -0.05) is 60.7 Å². The summed E-state index contributed by atoms with van der Waals surface area (Å²) >= 11 is 0. The summed E-state index contributed by atoms with van der Waals surface area (Å²) < 4.78 is 11.5. The number of carbonyl (C=O) groups excluding carboxylic acids is 2. The molecule has 6 nitrogen and oxygen atoms in total. The molecule has 0 saturated carbocycles. The van der Waals surface area contributed by atoms with E-state index in [0.717, 1.165) is 66.8 Å². The van der Waals surface area contributed by atoms with Gasteiger partial charge in [0.1, 0.15) is 0 Å². The smallest absolute Gasteiger partial charge is 0.339 e. The van der Waals surface area contributed by atoms with Crippen LogP contribution in [0.5, 0.6) is 0 Å². The predicted molar refractivity (Wildman–Crippen MR) is 165 cm³/mol. The van der Waals surface area contributed by atoms with Crippen molar-refractivity contribution in [1.82, 2.24) is 10.6 Å². The predicted octanol–water partition coefficient (Wildman–Crippen LogP) is 6.86. The maximum absolute atomic E-state index is 14.1. The van der Waals surface area contributed by atoms with Gasteiger partial charge in [-0.3, -0.25) is 0 Å². The zero-order chi connectivity index (χ0) is 29.4. The summed E-state index contributed by atoms with van der Waals surface area (Å²) in [5.41, 5.74) is 12.6. The van der Waals surface area contributed by atoms with E-state index in [1.807, 2.05) is 74.5 Å². The average Bonchev–Trinajstić information content (AvgIpc) is 3.70. The highest BCUT2D eigenvalue weighted by Crippen LogP contribution is 2.48. The molecule has 42 heavy (non-hydrogen) atoms. The van der Waals surface area contributed by atoms with Crippen LogP contribution in [0.3, 0.4) is 0 Å². The van der Waals surface area contributed by atoms with Crippen LogP contribution < -0.4 is 10.6 Å². The molecular formula is C36H36N2O4. The molecule has 0 saturated heterocycles. The Kier molecular flexibility index (Phi) is 7.67. The summed E-state index contributed by atoms with van der Waals surface area (Å²) in [5, 5.41) is 7.03. The molecule has 2 N–H and O–H groups in total. The van der Waals surface area contributed by atoms with Gasteiger partial charge in [-0.05, 0) is 72.2 Å². The second kappa shape index (κ2) is 11.6. The third-order valence-corrected chi connectivity index (χ3v) is 8.53. The van der Waals surface area contributed by atoms with E-state index in [1.54, 1.807) is 0 Å². The van der Waals surface area contributed by atoms with Gasteiger partial charge >= 0.3 is 11.9 Å². The van der Waals surface area contributed by atoms with Crippen LogP contribution in [0.15, 0.2) is 60.7 Å². The molecule has 2 aliphatic heterocycles. The summed E-state index contributed by atoms with van der Waals surface area (Å²) in [6, 6.07) is 20.1. The van der Waals surface area contributed by atoms with Gasteiger partial charge in [0.15, 0.2) is 0 Å². The van der Waals surface area contributed by atoms with Crippen LogP contribution >= 0.6 is 0 Å².